The Kier molecular flexibility index (Phi) is 5.17. The lowest BCUT2D eigenvalue weighted by atomic mass is 9.78. The van der Waals surface area contributed by atoms with Gasteiger partial charge >= 0.3 is 0 Å². The standard InChI is InChI=1S/C19H27NO4/c1-22-16-11-14(12-17(23-2)18(16)24-3)19(21)20-10-6-8-13-7-4-5-9-15(13)20/h11-13,15H,4-10H2,1-3H3/t13-,15-/m0/s1. The van der Waals surface area contributed by atoms with Crippen LogP contribution in [0.4, 0.5) is 0 Å². The van der Waals surface area contributed by atoms with Crippen LogP contribution in [0.5, 0.6) is 17.2 Å². The molecule has 0 aromatic heterocycles. The number of hydrogen-bond acceptors (Lipinski definition) is 4. The van der Waals surface area contributed by atoms with E-state index in [0.717, 1.165) is 19.4 Å². The Morgan fingerprint density at radius 2 is 1.58 bits per heavy atom. The van der Waals surface area contributed by atoms with Crippen LogP contribution in [0.2, 0.25) is 0 Å². The highest BCUT2D eigenvalue weighted by Gasteiger charge is 2.36. The van der Waals surface area contributed by atoms with Gasteiger partial charge in [0, 0.05) is 18.2 Å². The minimum Gasteiger partial charge on any atom is -0.493 e. The molecule has 2 aliphatic rings. The van der Waals surface area contributed by atoms with E-state index >= 15 is 0 Å². The number of hydrogen-bond donors (Lipinski definition) is 0. The van der Waals surface area contributed by atoms with Gasteiger partial charge in [0.25, 0.3) is 5.91 Å². The van der Waals surface area contributed by atoms with Gasteiger partial charge in [0.1, 0.15) is 0 Å². The van der Waals surface area contributed by atoms with Crippen LogP contribution < -0.4 is 14.2 Å². The molecule has 0 radical (unpaired) electrons. The number of amides is 1. The van der Waals surface area contributed by atoms with Crippen molar-refractivity contribution in [2.45, 2.75) is 44.6 Å². The first-order valence-corrected chi connectivity index (χ1v) is 8.80. The Morgan fingerprint density at radius 3 is 2.21 bits per heavy atom. The SMILES string of the molecule is COc1cc(C(=O)N2CCC[C@@H]3CCCC[C@@H]32)cc(OC)c1OC. The lowest BCUT2D eigenvalue weighted by Crippen LogP contribution is -2.49. The molecule has 0 spiro atoms. The van der Waals surface area contributed by atoms with Crippen molar-refractivity contribution in [3.8, 4) is 17.2 Å². The van der Waals surface area contributed by atoms with Gasteiger partial charge in [-0.05, 0) is 43.7 Å². The summed E-state index contributed by atoms with van der Waals surface area (Å²) in [6, 6.07) is 3.91. The van der Waals surface area contributed by atoms with Gasteiger partial charge in [-0.25, -0.2) is 0 Å². The minimum atomic E-state index is 0.0749. The molecular weight excluding hydrogens is 306 g/mol. The number of likely N-dealkylation sites (tertiary alicyclic amines) is 1. The van der Waals surface area contributed by atoms with Gasteiger partial charge in [-0.2, -0.15) is 0 Å². The van der Waals surface area contributed by atoms with Gasteiger partial charge in [0.15, 0.2) is 11.5 Å². The molecule has 5 heteroatoms. The number of piperidine rings is 1. The average Bonchev–Trinajstić information content (AvgIpc) is 2.65. The molecule has 1 saturated carbocycles. The number of nitrogens with zero attached hydrogens (tertiary/aromatic N) is 1. The molecule has 1 aromatic carbocycles. The highest BCUT2D eigenvalue weighted by molar-refractivity contribution is 5.96. The molecule has 1 saturated heterocycles. The summed E-state index contributed by atoms with van der Waals surface area (Å²) < 4.78 is 16.1. The smallest absolute Gasteiger partial charge is 0.254 e. The first-order chi connectivity index (χ1) is 11.7. The zero-order chi connectivity index (χ0) is 17.1. The fourth-order valence-corrected chi connectivity index (χ4v) is 4.25. The summed E-state index contributed by atoms with van der Waals surface area (Å²) in [4.78, 5) is 15.2. The van der Waals surface area contributed by atoms with Crippen LogP contribution >= 0.6 is 0 Å². The van der Waals surface area contributed by atoms with Crippen molar-refractivity contribution in [3.63, 3.8) is 0 Å². The van der Waals surface area contributed by atoms with Gasteiger partial charge in [-0.1, -0.05) is 12.8 Å². The van der Waals surface area contributed by atoms with Crippen molar-refractivity contribution in [1.82, 2.24) is 4.90 Å². The lowest BCUT2D eigenvalue weighted by Gasteiger charge is -2.44. The predicted octanol–water partition coefficient (Wildman–Crippen LogP) is 3.51. The van der Waals surface area contributed by atoms with Crippen LogP contribution in [0, 0.1) is 5.92 Å². The van der Waals surface area contributed by atoms with E-state index < -0.39 is 0 Å². The Morgan fingerprint density at radius 1 is 0.958 bits per heavy atom. The van der Waals surface area contributed by atoms with Crippen molar-refractivity contribution < 1.29 is 19.0 Å². The number of ether oxygens (including phenoxy) is 3. The van der Waals surface area contributed by atoms with E-state index in [4.69, 9.17) is 14.2 Å². The largest absolute Gasteiger partial charge is 0.493 e. The van der Waals surface area contributed by atoms with Crippen LogP contribution in [-0.2, 0) is 0 Å². The normalized spacial score (nSPS) is 23.4. The zero-order valence-corrected chi connectivity index (χ0v) is 14.8. The van der Waals surface area contributed by atoms with Crippen LogP contribution in [-0.4, -0.2) is 44.7 Å². The summed E-state index contributed by atoms with van der Waals surface area (Å²) in [5.74, 6) is 2.31. The second-order valence-electron chi connectivity index (χ2n) is 6.67. The predicted molar refractivity (Wildman–Crippen MR) is 92.1 cm³/mol. The van der Waals surface area contributed by atoms with Crippen LogP contribution in [0.15, 0.2) is 12.1 Å². The molecule has 0 bridgehead atoms. The third-order valence-corrected chi connectivity index (χ3v) is 5.42. The van der Waals surface area contributed by atoms with E-state index in [-0.39, 0.29) is 5.91 Å². The summed E-state index contributed by atoms with van der Waals surface area (Å²) in [6.45, 7) is 0.844. The summed E-state index contributed by atoms with van der Waals surface area (Å²) in [7, 11) is 4.71. The van der Waals surface area contributed by atoms with Crippen molar-refractivity contribution in [1.29, 1.82) is 0 Å². The highest BCUT2D eigenvalue weighted by atomic mass is 16.5. The molecule has 1 heterocycles. The summed E-state index contributed by atoms with van der Waals surface area (Å²) in [5, 5.41) is 0. The fraction of sp³-hybridized carbons (Fsp3) is 0.632. The summed E-state index contributed by atoms with van der Waals surface area (Å²) in [6.07, 6.45) is 7.25. The second kappa shape index (κ2) is 7.32. The molecule has 1 aromatic rings. The quantitative estimate of drug-likeness (QED) is 0.846. The van der Waals surface area contributed by atoms with Crippen molar-refractivity contribution >= 4 is 5.91 Å². The van der Waals surface area contributed by atoms with Crippen molar-refractivity contribution in [2.24, 2.45) is 5.92 Å². The van der Waals surface area contributed by atoms with Gasteiger partial charge in [-0.15, -0.1) is 0 Å². The second-order valence-corrected chi connectivity index (χ2v) is 6.67. The topological polar surface area (TPSA) is 48.0 Å². The minimum absolute atomic E-state index is 0.0749. The molecule has 2 fully saturated rings. The maximum atomic E-state index is 13.2. The maximum absolute atomic E-state index is 13.2. The summed E-state index contributed by atoms with van der Waals surface area (Å²) in [5.41, 5.74) is 0.607. The van der Waals surface area contributed by atoms with E-state index in [1.165, 1.54) is 25.7 Å². The lowest BCUT2D eigenvalue weighted by molar-refractivity contribution is 0.0390. The molecule has 1 aliphatic carbocycles. The van der Waals surface area contributed by atoms with E-state index in [2.05, 4.69) is 4.90 Å². The molecule has 2 atom stereocenters. The van der Waals surface area contributed by atoms with Gasteiger partial charge in [0.2, 0.25) is 5.75 Å². The van der Waals surface area contributed by atoms with Crippen molar-refractivity contribution in [2.75, 3.05) is 27.9 Å². The van der Waals surface area contributed by atoms with Crippen LogP contribution in [0.3, 0.4) is 0 Å². The first-order valence-electron chi connectivity index (χ1n) is 8.80. The van der Waals surface area contributed by atoms with Crippen LogP contribution in [0.25, 0.3) is 0 Å². The van der Waals surface area contributed by atoms with E-state index in [0.29, 0.717) is 34.8 Å². The van der Waals surface area contributed by atoms with Crippen LogP contribution in [0.1, 0.15) is 48.9 Å². The number of rotatable bonds is 4. The van der Waals surface area contributed by atoms with E-state index in [9.17, 15) is 4.79 Å². The third-order valence-electron chi connectivity index (χ3n) is 5.42. The molecule has 3 rings (SSSR count). The van der Waals surface area contributed by atoms with Gasteiger partial charge < -0.3 is 19.1 Å². The molecule has 1 amide bonds. The number of carbonyl (C=O) groups excluding carboxylic acids is 1. The molecule has 24 heavy (non-hydrogen) atoms. The molecule has 1 aliphatic heterocycles. The zero-order valence-electron chi connectivity index (χ0n) is 14.8. The number of carbonyl (C=O) groups is 1. The van der Waals surface area contributed by atoms with Gasteiger partial charge in [-0.3, -0.25) is 4.79 Å². The fourth-order valence-electron chi connectivity index (χ4n) is 4.25. The Bertz CT molecular complexity index is 574. The molecule has 0 N–H and O–H groups in total. The van der Waals surface area contributed by atoms with E-state index in [1.54, 1.807) is 33.5 Å². The maximum Gasteiger partial charge on any atom is 0.254 e. The Labute approximate surface area is 143 Å². The number of fused-ring (bicyclic) bond motifs is 1. The van der Waals surface area contributed by atoms with E-state index in [1.807, 2.05) is 0 Å². The molecule has 0 unspecified atom stereocenters. The Balaban J connectivity index is 1.91. The monoisotopic (exact) mass is 333 g/mol. The molecular formula is C19H27NO4. The number of methoxy groups -OCH3 is 3. The molecule has 5 nitrogen and oxygen atoms in total. The van der Waals surface area contributed by atoms with Crippen molar-refractivity contribution in [3.05, 3.63) is 17.7 Å². The number of benzene rings is 1. The molecule has 132 valence electrons. The first kappa shape index (κ1) is 16.9. The average molecular weight is 333 g/mol. The third kappa shape index (κ3) is 3.04. The van der Waals surface area contributed by atoms with Gasteiger partial charge in [0.05, 0.1) is 21.3 Å². The highest BCUT2D eigenvalue weighted by Crippen LogP contribution is 2.40. The Hall–Kier alpha value is -1.91. The summed E-state index contributed by atoms with van der Waals surface area (Å²) >= 11 is 0.